The summed E-state index contributed by atoms with van der Waals surface area (Å²) in [5, 5.41) is 9.94. The summed E-state index contributed by atoms with van der Waals surface area (Å²) < 4.78 is 26.7. The Morgan fingerprint density at radius 2 is 2.11 bits per heavy atom. The average Bonchev–Trinajstić information content (AvgIpc) is 2.96. The van der Waals surface area contributed by atoms with Crippen LogP contribution in [0.2, 0.25) is 0 Å². The summed E-state index contributed by atoms with van der Waals surface area (Å²) in [6.07, 6.45) is 3.71. The molecule has 2 rings (SSSR count). The van der Waals surface area contributed by atoms with Crippen LogP contribution in [0.25, 0.3) is 0 Å². The Labute approximate surface area is 112 Å². The molecule has 1 saturated carbocycles. The van der Waals surface area contributed by atoms with Crippen molar-refractivity contribution in [1.82, 2.24) is 4.72 Å². The molecule has 0 aromatic carbocycles. The van der Waals surface area contributed by atoms with Gasteiger partial charge in [-0.15, -0.1) is 11.3 Å². The number of thiophene rings is 1. The summed E-state index contributed by atoms with van der Waals surface area (Å²) in [5.41, 5.74) is 0. The van der Waals surface area contributed by atoms with Crippen LogP contribution in [-0.4, -0.2) is 26.2 Å². The molecule has 1 aromatic rings. The van der Waals surface area contributed by atoms with Gasteiger partial charge in [0.15, 0.2) is 0 Å². The fraction of sp³-hybridized carbons (Fsp3) is 0.667. The topological polar surface area (TPSA) is 66.4 Å². The first-order valence-corrected chi connectivity index (χ1v) is 8.53. The molecule has 1 aromatic heterocycles. The average molecular weight is 289 g/mol. The maximum absolute atomic E-state index is 12.0. The smallest absolute Gasteiger partial charge is 0.250 e. The van der Waals surface area contributed by atoms with Gasteiger partial charge in [0.25, 0.3) is 0 Å². The van der Waals surface area contributed by atoms with Crippen LogP contribution in [-0.2, 0) is 10.0 Å². The maximum Gasteiger partial charge on any atom is 0.250 e. The third-order valence-corrected chi connectivity index (χ3v) is 6.32. The second-order valence-corrected chi connectivity index (χ2v) is 8.11. The molecule has 2 N–H and O–H groups in total. The summed E-state index contributed by atoms with van der Waals surface area (Å²) in [7, 11) is -3.46. The molecule has 1 aliphatic rings. The van der Waals surface area contributed by atoms with E-state index in [1.54, 1.807) is 12.1 Å². The maximum atomic E-state index is 12.0. The largest absolute Gasteiger partial charge is 0.391 e. The summed E-state index contributed by atoms with van der Waals surface area (Å²) in [4.78, 5) is 0.965. The summed E-state index contributed by atoms with van der Waals surface area (Å²) in [6.45, 7) is 1.99. The lowest BCUT2D eigenvalue weighted by Crippen LogP contribution is -2.35. The Hall–Kier alpha value is -0.430. The minimum atomic E-state index is -3.46. The SMILES string of the molecule is Cc1ccc(S(=O)(=O)NCC(O)C2CCCC2)s1. The van der Waals surface area contributed by atoms with E-state index < -0.39 is 16.1 Å². The zero-order valence-electron chi connectivity index (χ0n) is 10.4. The van der Waals surface area contributed by atoms with Crippen LogP contribution in [0.3, 0.4) is 0 Å². The normalized spacial score (nSPS) is 19.2. The highest BCUT2D eigenvalue weighted by Crippen LogP contribution is 2.27. The van der Waals surface area contributed by atoms with Crippen molar-refractivity contribution in [3.63, 3.8) is 0 Å². The van der Waals surface area contributed by atoms with Crippen molar-refractivity contribution in [2.24, 2.45) is 5.92 Å². The van der Waals surface area contributed by atoms with E-state index in [2.05, 4.69) is 4.72 Å². The zero-order chi connectivity index (χ0) is 13.2. The lowest BCUT2D eigenvalue weighted by molar-refractivity contribution is 0.115. The van der Waals surface area contributed by atoms with Crippen molar-refractivity contribution in [2.45, 2.75) is 42.9 Å². The van der Waals surface area contributed by atoms with E-state index in [0.717, 1.165) is 30.6 Å². The fourth-order valence-electron chi connectivity index (χ4n) is 2.33. The van der Waals surface area contributed by atoms with E-state index in [-0.39, 0.29) is 12.5 Å². The predicted octanol–water partition coefficient (Wildman–Crippen LogP) is 1.89. The first kappa shape index (κ1) is 14.0. The molecule has 1 heterocycles. The van der Waals surface area contributed by atoms with Gasteiger partial charge in [-0.05, 0) is 37.8 Å². The van der Waals surface area contributed by atoms with Crippen LogP contribution in [0.1, 0.15) is 30.6 Å². The molecular formula is C12H19NO3S2. The molecule has 4 nitrogen and oxygen atoms in total. The number of hydrogen-bond acceptors (Lipinski definition) is 4. The zero-order valence-corrected chi connectivity index (χ0v) is 12.1. The monoisotopic (exact) mass is 289 g/mol. The van der Waals surface area contributed by atoms with Crippen LogP contribution in [0, 0.1) is 12.8 Å². The molecule has 18 heavy (non-hydrogen) atoms. The van der Waals surface area contributed by atoms with Gasteiger partial charge in [0.1, 0.15) is 4.21 Å². The van der Waals surface area contributed by atoms with Crippen molar-refractivity contribution in [3.05, 3.63) is 17.0 Å². The number of rotatable bonds is 5. The Morgan fingerprint density at radius 1 is 1.44 bits per heavy atom. The molecule has 1 unspecified atom stereocenters. The quantitative estimate of drug-likeness (QED) is 0.870. The van der Waals surface area contributed by atoms with E-state index in [9.17, 15) is 13.5 Å². The van der Waals surface area contributed by atoms with Gasteiger partial charge in [0.2, 0.25) is 10.0 Å². The Balaban J connectivity index is 1.92. The van der Waals surface area contributed by atoms with Crippen molar-refractivity contribution in [3.8, 4) is 0 Å². The van der Waals surface area contributed by atoms with Crippen LogP contribution in [0.15, 0.2) is 16.3 Å². The van der Waals surface area contributed by atoms with Crippen molar-refractivity contribution >= 4 is 21.4 Å². The highest BCUT2D eigenvalue weighted by Gasteiger charge is 2.25. The highest BCUT2D eigenvalue weighted by molar-refractivity contribution is 7.91. The first-order chi connectivity index (χ1) is 8.49. The second kappa shape index (κ2) is 5.69. The van der Waals surface area contributed by atoms with E-state index >= 15 is 0 Å². The van der Waals surface area contributed by atoms with E-state index in [4.69, 9.17) is 0 Å². The molecule has 102 valence electrons. The molecule has 1 atom stereocenters. The van der Waals surface area contributed by atoms with Gasteiger partial charge in [-0.3, -0.25) is 0 Å². The Bertz CT molecular complexity index is 489. The highest BCUT2D eigenvalue weighted by atomic mass is 32.2. The second-order valence-electron chi connectivity index (χ2n) is 4.83. The van der Waals surface area contributed by atoms with Gasteiger partial charge in [-0.1, -0.05) is 12.8 Å². The summed E-state index contributed by atoms with van der Waals surface area (Å²) >= 11 is 1.25. The molecular weight excluding hydrogens is 270 g/mol. The van der Waals surface area contributed by atoms with Crippen LogP contribution in [0.5, 0.6) is 0 Å². The number of sulfonamides is 1. The lowest BCUT2D eigenvalue weighted by Gasteiger charge is -2.17. The Morgan fingerprint density at radius 3 is 2.67 bits per heavy atom. The molecule has 0 spiro atoms. The van der Waals surface area contributed by atoms with Gasteiger partial charge in [-0.25, -0.2) is 13.1 Å². The molecule has 0 bridgehead atoms. The molecule has 0 radical (unpaired) electrons. The first-order valence-electron chi connectivity index (χ1n) is 6.23. The van der Waals surface area contributed by atoms with Crippen LogP contribution in [0.4, 0.5) is 0 Å². The van der Waals surface area contributed by atoms with Crippen LogP contribution >= 0.6 is 11.3 Å². The van der Waals surface area contributed by atoms with Crippen molar-refractivity contribution < 1.29 is 13.5 Å². The van der Waals surface area contributed by atoms with Crippen LogP contribution < -0.4 is 4.72 Å². The van der Waals surface area contributed by atoms with E-state index in [0.29, 0.717) is 4.21 Å². The van der Waals surface area contributed by atoms with E-state index in [1.165, 1.54) is 11.3 Å². The van der Waals surface area contributed by atoms with Crippen molar-refractivity contribution in [2.75, 3.05) is 6.54 Å². The summed E-state index contributed by atoms with van der Waals surface area (Å²) in [6, 6.07) is 3.39. The predicted molar refractivity (Wildman–Crippen MR) is 72.2 cm³/mol. The number of aliphatic hydroxyl groups is 1. The van der Waals surface area contributed by atoms with Gasteiger partial charge < -0.3 is 5.11 Å². The van der Waals surface area contributed by atoms with Gasteiger partial charge in [0.05, 0.1) is 6.10 Å². The Kier molecular flexibility index (Phi) is 4.42. The fourth-order valence-corrected chi connectivity index (χ4v) is 4.71. The summed E-state index contributed by atoms with van der Waals surface area (Å²) in [5.74, 6) is 0.248. The van der Waals surface area contributed by atoms with Crippen molar-refractivity contribution in [1.29, 1.82) is 0 Å². The molecule has 6 heteroatoms. The van der Waals surface area contributed by atoms with E-state index in [1.807, 2.05) is 6.92 Å². The minimum absolute atomic E-state index is 0.115. The number of aryl methyl sites for hydroxylation is 1. The molecule has 1 fully saturated rings. The number of nitrogens with one attached hydrogen (secondary N) is 1. The number of hydrogen-bond donors (Lipinski definition) is 2. The minimum Gasteiger partial charge on any atom is -0.391 e. The molecule has 1 aliphatic carbocycles. The van der Waals surface area contributed by atoms with Gasteiger partial charge in [-0.2, -0.15) is 0 Å². The van der Waals surface area contributed by atoms with Gasteiger partial charge >= 0.3 is 0 Å². The molecule has 0 amide bonds. The van der Waals surface area contributed by atoms with Gasteiger partial charge in [0, 0.05) is 11.4 Å². The lowest BCUT2D eigenvalue weighted by atomic mass is 10.0. The number of aliphatic hydroxyl groups excluding tert-OH is 1. The third kappa shape index (κ3) is 3.32. The molecule has 0 saturated heterocycles. The standard InChI is InChI=1S/C12H19NO3S2/c1-9-6-7-12(17-9)18(15,16)13-8-11(14)10-4-2-3-5-10/h6-7,10-11,13-14H,2-5,8H2,1H3. The molecule has 0 aliphatic heterocycles. The third-order valence-electron chi connectivity index (χ3n) is 3.41.